The van der Waals surface area contributed by atoms with E-state index in [0.717, 1.165) is 19.3 Å². The summed E-state index contributed by atoms with van der Waals surface area (Å²) in [4.78, 5) is 0. The van der Waals surface area contributed by atoms with Gasteiger partial charge in [-0.15, -0.1) is 0 Å². The lowest BCUT2D eigenvalue weighted by Gasteiger charge is -2.11. The molecule has 0 radical (unpaired) electrons. The zero-order valence-corrected chi connectivity index (χ0v) is 13.9. The lowest BCUT2D eigenvalue weighted by atomic mass is 9.94. The van der Waals surface area contributed by atoms with E-state index in [2.05, 4.69) is 44.2 Å². The number of aromatic hydroxyl groups is 1. The fourth-order valence-corrected chi connectivity index (χ4v) is 2.99. The van der Waals surface area contributed by atoms with Crippen LogP contribution < -0.4 is 0 Å². The Morgan fingerprint density at radius 2 is 1.55 bits per heavy atom. The summed E-state index contributed by atoms with van der Waals surface area (Å²) in [5, 5.41) is 9.77. The third-order valence-corrected chi connectivity index (χ3v) is 4.41. The molecule has 0 unspecified atom stereocenters. The molecule has 0 aliphatic carbocycles. The van der Waals surface area contributed by atoms with Gasteiger partial charge in [0, 0.05) is 0 Å². The minimum absolute atomic E-state index is 0.394. The van der Waals surface area contributed by atoms with Gasteiger partial charge in [-0.1, -0.05) is 56.5 Å². The van der Waals surface area contributed by atoms with Gasteiger partial charge in [0.2, 0.25) is 0 Å². The van der Waals surface area contributed by atoms with Gasteiger partial charge >= 0.3 is 0 Å². The Morgan fingerprint density at radius 3 is 2.32 bits per heavy atom. The first-order chi connectivity index (χ1) is 10.7. The number of phenolic OH excluding ortho intramolecular Hbond substituents is 1. The Kier molecular flexibility index (Phi) is 6.51. The molecule has 22 heavy (non-hydrogen) atoms. The molecule has 1 N–H and O–H groups in total. The van der Waals surface area contributed by atoms with Gasteiger partial charge in [0.1, 0.15) is 5.75 Å². The van der Waals surface area contributed by atoms with Crippen LogP contribution in [0.5, 0.6) is 5.75 Å². The van der Waals surface area contributed by atoms with Crippen LogP contribution in [0.3, 0.4) is 0 Å². The predicted octanol–water partition coefficient (Wildman–Crippen LogP) is 5.61. The standard InChI is InChI=1S/C21H28O/c1-3-4-5-6-11-20-16-21(22)15-14-19(20)13-12-18-10-8-7-9-17(18)2/h7-10,14-16,22H,3-6,11-13H2,1-2H3. The second-order valence-electron chi connectivity index (χ2n) is 6.19. The summed E-state index contributed by atoms with van der Waals surface area (Å²) in [6.45, 7) is 4.42. The monoisotopic (exact) mass is 296 g/mol. The van der Waals surface area contributed by atoms with Gasteiger partial charge in [-0.3, -0.25) is 0 Å². The largest absolute Gasteiger partial charge is 0.508 e. The average Bonchev–Trinajstić information content (AvgIpc) is 2.52. The molecule has 118 valence electrons. The molecule has 0 fully saturated rings. The molecule has 0 heterocycles. The van der Waals surface area contributed by atoms with Gasteiger partial charge < -0.3 is 5.11 Å². The number of rotatable bonds is 8. The van der Waals surface area contributed by atoms with E-state index in [1.807, 2.05) is 12.1 Å². The minimum Gasteiger partial charge on any atom is -0.508 e. The molecule has 0 aliphatic heterocycles. The molecule has 0 saturated carbocycles. The van der Waals surface area contributed by atoms with Crippen molar-refractivity contribution in [3.63, 3.8) is 0 Å². The van der Waals surface area contributed by atoms with E-state index in [4.69, 9.17) is 0 Å². The van der Waals surface area contributed by atoms with E-state index in [-0.39, 0.29) is 0 Å². The Balaban J connectivity index is 2.01. The van der Waals surface area contributed by atoms with Gasteiger partial charge in [0.25, 0.3) is 0 Å². The second kappa shape index (κ2) is 8.63. The Bertz CT molecular complexity index is 586. The zero-order valence-electron chi connectivity index (χ0n) is 13.9. The molecule has 0 atom stereocenters. The summed E-state index contributed by atoms with van der Waals surface area (Å²) < 4.78 is 0. The predicted molar refractivity (Wildman–Crippen MR) is 94.5 cm³/mol. The molecule has 0 aliphatic rings. The molecule has 0 spiro atoms. The highest BCUT2D eigenvalue weighted by atomic mass is 16.3. The van der Waals surface area contributed by atoms with Crippen LogP contribution in [-0.2, 0) is 19.3 Å². The molecule has 0 saturated heterocycles. The molecule has 2 rings (SSSR count). The highest BCUT2D eigenvalue weighted by Crippen LogP contribution is 2.21. The fraction of sp³-hybridized carbons (Fsp3) is 0.429. The number of phenols is 1. The minimum atomic E-state index is 0.394. The van der Waals surface area contributed by atoms with Gasteiger partial charge in [0.05, 0.1) is 0 Å². The first kappa shape index (κ1) is 16.6. The van der Waals surface area contributed by atoms with E-state index >= 15 is 0 Å². The van der Waals surface area contributed by atoms with Crippen LogP contribution in [0.2, 0.25) is 0 Å². The first-order valence-corrected chi connectivity index (χ1v) is 8.56. The van der Waals surface area contributed by atoms with E-state index < -0.39 is 0 Å². The summed E-state index contributed by atoms with van der Waals surface area (Å²) in [6, 6.07) is 14.5. The molecule has 1 heteroatoms. The average molecular weight is 296 g/mol. The number of aryl methyl sites for hydroxylation is 4. The lowest BCUT2D eigenvalue weighted by Crippen LogP contribution is -1.99. The van der Waals surface area contributed by atoms with Crippen molar-refractivity contribution in [1.82, 2.24) is 0 Å². The lowest BCUT2D eigenvalue weighted by molar-refractivity contribution is 0.474. The van der Waals surface area contributed by atoms with Crippen molar-refractivity contribution in [3.05, 3.63) is 64.7 Å². The van der Waals surface area contributed by atoms with Crippen LogP contribution in [0, 0.1) is 6.92 Å². The smallest absolute Gasteiger partial charge is 0.115 e. The third-order valence-electron chi connectivity index (χ3n) is 4.41. The third kappa shape index (κ3) is 4.91. The van der Waals surface area contributed by atoms with Gasteiger partial charge in [-0.2, -0.15) is 0 Å². The van der Waals surface area contributed by atoms with E-state index in [1.165, 1.54) is 47.9 Å². The maximum absolute atomic E-state index is 9.77. The van der Waals surface area contributed by atoms with Crippen molar-refractivity contribution in [1.29, 1.82) is 0 Å². The number of hydrogen-bond acceptors (Lipinski definition) is 1. The van der Waals surface area contributed by atoms with E-state index in [1.54, 1.807) is 0 Å². The highest BCUT2D eigenvalue weighted by molar-refractivity contribution is 5.36. The van der Waals surface area contributed by atoms with Crippen molar-refractivity contribution in [2.75, 3.05) is 0 Å². The summed E-state index contributed by atoms with van der Waals surface area (Å²) in [6.07, 6.45) is 8.26. The summed E-state index contributed by atoms with van der Waals surface area (Å²) in [5.41, 5.74) is 5.50. The molecule has 0 aromatic heterocycles. The zero-order chi connectivity index (χ0) is 15.8. The van der Waals surface area contributed by atoms with Crippen molar-refractivity contribution >= 4 is 0 Å². The second-order valence-corrected chi connectivity index (χ2v) is 6.19. The SMILES string of the molecule is CCCCCCc1cc(O)ccc1CCc1ccccc1C. The van der Waals surface area contributed by atoms with Crippen LogP contribution in [-0.4, -0.2) is 5.11 Å². The van der Waals surface area contributed by atoms with Crippen molar-refractivity contribution in [3.8, 4) is 5.75 Å². The Hall–Kier alpha value is -1.76. The Labute approximate surface area is 135 Å². The summed E-state index contributed by atoms with van der Waals surface area (Å²) in [7, 11) is 0. The number of unbranched alkanes of at least 4 members (excludes halogenated alkanes) is 3. The van der Waals surface area contributed by atoms with Crippen LogP contribution in [0.1, 0.15) is 54.9 Å². The van der Waals surface area contributed by atoms with Crippen molar-refractivity contribution < 1.29 is 5.11 Å². The van der Waals surface area contributed by atoms with Gasteiger partial charge in [0.15, 0.2) is 0 Å². The van der Waals surface area contributed by atoms with E-state index in [9.17, 15) is 5.11 Å². The van der Waals surface area contributed by atoms with Crippen LogP contribution >= 0.6 is 0 Å². The molecule has 1 nitrogen and oxygen atoms in total. The molecular formula is C21H28O. The first-order valence-electron chi connectivity index (χ1n) is 8.56. The normalized spacial score (nSPS) is 10.8. The van der Waals surface area contributed by atoms with Gasteiger partial charge in [-0.25, -0.2) is 0 Å². The fourth-order valence-electron chi connectivity index (χ4n) is 2.99. The quantitative estimate of drug-likeness (QED) is 0.628. The van der Waals surface area contributed by atoms with Crippen molar-refractivity contribution in [2.45, 2.75) is 58.8 Å². The molecular weight excluding hydrogens is 268 g/mol. The topological polar surface area (TPSA) is 20.2 Å². The molecule has 0 amide bonds. The van der Waals surface area contributed by atoms with Gasteiger partial charge in [-0.05, 0) is 67.0 Å². The molecule has 0 bridgehead atoms. The highest BCUT2D eigenvalue weighted by Gasteiger charge is 2.06. The maximum Gasteiger partial charge on any atom is 0.115 e. The van der Waals surface area contributed by atoms with Crippen LogP contribution in [0.4, 0.5) is 0 Å². The van der Waals surface area contributed by atoms with Crippen LogP contribution in [0.25, 0.3) is 0 Å². The molecule has 2 aromatic carbocycles. The number of benzene rings is 2. The Morgan fingerprint density at radius 1 is 0.773 bits per heavy atom. The van der Waals surface area contributed by atoms with E-state index in [0.29, 0.717) is 5.75 Å². The summed E-state index contributed by atoms with van der Waals surface area (Å²) in [5.74, 6) is 0.394. The summed E-state index contributed by atoms with van der Waals surface area (Å²) >= 11 is 0. The van der Waals surface area contributed by atoms with Crippen LogP contribution in [0.15, 0.2) is 42.5 Å². The van der Waals surface area contributed by atoms with Crippen molar-refractivity contribution in [2.24, 2.45) is 0 Å². The molecule has 2 aromatic rings. The maximum atomic E-state index is 9.77. The number of hydrogen-bond donors (Lipinski definition) is 1.